The number of imidazole rings is 1. The van der Waals surface area contributed by atoms with Crippen molar-refractivity contribution in [2.24, 2.45) is 0 Å². The first kappa shape index (κ1) is 15.8. The number of nitrogens with one attached hydrogen (secondary N) is 1. The van der Waals surface area contributed by atoms with E-state index < -0.39 is 6.10 Å². The monoisotopic (exact) mass is 326 g/mol. The van der Waals surface area contributed by atoms with Crippen molar-refractivity contribution in [1.82, 2.24) is 19.9 Å². The Morgan fingerprint density at radius 3 is 2.67 bits per heavy atom. The number of benzene rings is 1. The Labute approximate surface area is 137 Å². The number of rotatable bonds is 5. The van der Waals surface area contributed by atoms with E-state index in [-0.39, 0.29) is 18.3 Å². The quantitative estimate of drug-likeness (QED) is 0.750. The minimum absolute atomic E-state index is 0.0216. The lowest BCUT2D eigenvalue weighted by Gasteiger charge is -2.12. The zero-order valence-corrected chi connectivity index (χ0v) is 12.6. The van der Waals surface area contributed by atoms with Crippen LogP contribution >= 0.6 is 0 Å². The highest BCUT2D eigenvalue weighted by Crippen LogP contribution is 2.13. The predicted octanol–water partition coefficient (Wildman–Crippen LogP) is 1.87. The SMILES string of the molecule is O=C(NCC(O)c1ccc(F)cc1)c1ccc(-n2ccnc2)nc1. The Morgan fingerprint density at radius 1 is 1.25 bits per heavy atom. The number of halogens is 1. The number of pyridine rings is 1. The van der Waals surface area contributed by atoms with Gasteiger partial charge in [0, 0.05) is 25.1 Å². The number of carbonyl (C=O) groups excluding carboxylic acids is 1. The molecule has 0 spiro atoms. The van der Waals surface area contributed by atoms with Crippen LogP contribution in [-0.2, 0) is 0 Å². The number of nitrogens with zero attached hydrogens (tertiary/aromatic N) is 3. The van der Waals surface area contributed by atoms with Crippen molar-refractivity contribution >= 4 is 5.91 Å². The van der Waals surface area contributed by atoms with Crippen LogP contribution in [0.1, 0.15) is 22.0 Å². The predicted molar refractivity (Wildman–Crippen MR) is 85.1 cm³/mol. The number of carbonyl (C=O) groups is 1. The summed E-state index contributed by atoms with van der Waals surface area (Å²) in [6.07, 6.45) is 5.55. The molecule has 6 nitrogen and oxygen atoms in total. The molecule has 0 bridgehead atoms. The summed E-state index contributed by atoms with van der Waals surface area (Å²) >= 11 is 0. The standard InChI is InChI=1S/C17H15FN4O2/c18-14-4-1-12(2-5-14)15(23)10-21-17(24)13-3-6-16(20-9-13)22-8-7-19-11-22/h1-9,11,15,23H,10H2,(H,21,24). The maximum Gasteiger partial charge on any atom is 0.252 e. The smallest absolute Gasteiger partial charge is 0.252 e. The number of aliphatic hydroxyl groups is 1. The molecule has 1 amide bonds. The summed E-state index contributed by atoms with van der Waals surface area (Å²) in [5.41, 5.74) is 0.912. The lowest BCUT2D eigenvalue weighted by atomic mass is 10.1. The molecule has 1 unspecified atom stereocenters. The van der Waals surface area contributed by atoms with Crippen molar-refractivity contribution < 1.29 is 14.3 Å². The fraction of sp³-hybridized carbons (Fsp3) is 0.118. The number of hydrogen-bond acceptors (Lipinski definition) is 4. The molecule has 0 saturated carbocycles. The average Bonchev–Trinajstić information content (AvgIpc) is 3.15. The molecule has 3 aromatic rings. The maximum atomic E-state index is 12.9. The molecule has 24 heavy (non-hydrogen) atoms. The van der Waals surface area contributed by atoms with Crippen LogP contribution in [0.15, 0.2) is 61.3 Å². The van der Waals surface area contributed by atoms with E-state index >= 15 is 0 Å². The van der Waals surface area contributed by atoms with Crippen molar-refractivity contribution in [3.05, 3.63) is 78.3 Å². The topological polar surface area (TPSA) is 80.0 Å². The highest BCUT2D eigenvalue weighted by molar-refractivity contribution is 5.93. The number of hydrogen-bond donors (Lipinski definition) is 2. The molecule has 1 atom stereocenters. The van der Waals surface area contributed by atoms with E-state index in [2.05, 4.69) is 15.3 Å². The van der Waals surface area contributed by atoms with Gasteiger partial charge in [0.15, 0.2) is 0 Å². The highest BCUT2D eigenvalue weighted by Gasteiger charge is 2.11. The van der Waals surface area contributed by atoms with Crippen molar-refractivity contribution in [3.63, 3.8) is 0 Å². The van der Waals surface area contributed by atoms with Crippen LogP contribution in [0.4, 0.5) is 4.39 Å². The molecular weight excluding hydrogens is 311 g/mol. The van der Waals surface area contributed by atoms with Gasteiger partial charge in [0.2, 0.25) is 0 Å². The van der Waals surface area contributed by atoms with Gasteiger partial charge in [0.05, 0.1) is 11.7 Å². The van der Waals surface area contributed by atoms with E-state index in [1.807, 2.05) is 0 Å². The fourth-order valence-corrected chi connectivity index (χ4v) is 2.16. The third-order valence-electron chi connectivity index (χ3n) is 3.49. The third-order valence-corrected chi connectivity index (χ3v) is 3.49. The minimum Gasteiger partial charge on any atom is -0.387 e. The van der Waals surface area contributed by atoms with Gasteiger partial charge in [-0.1, -0.05) is 12.1 Å². The average molecular weight is 326 g/mol. The molecule has 2 heterocycles. The first-order valence-corrected chi connectivity index (χ1v) is 7.29. The van der Waals surface area contributed by atoms with Gasteiger partial charge in [-0.3, -0.25) is 9.36 Å². The van der Waals surface area contributed by atoms with Crippen molar-refractivity contribution in [2.75, 3.05) is 6.54 Å². The Balaban J connectivity index is 1.59. The van der Waals surface area contributed by atoms with Crippen LogP contribution in [-0.4, -0.2) is 32.1 Å². The molecule has 0 fully saturated rings. The van der Waals surface area contributed by atoms with Gasteiger partial charge in [-0.2, -0.15) is 0 Å². The molecule has 0 saturated heterocycles. The largest absolute Gasteiger partial charge is 0.387 e. The van der Waals surface area contributed by atoms with Crippen LogP contribution in [0.5, 0.6) is 0 Å². The van der Waals surface area contributed by atoms with Crippen LogP contribution in [0, 0.1) is 5.82 Å². The summed E-state index contributed by atoms with van der Waals surface area (Å²) in [5.74, 6) is -0.0738. The van der Waals surface area contributed by atoms with E-state index in [9.17, 15) is 14.3 Å². The molecule has 122 valence electrons. The van der Waals surface area contributed by atoms with Gasteiger partial charge >= 0.3 is 0 Å². The molecule has 0 aliphatic heterocycles. The Morgan fingerprint density at radius 2 is 2.04 bits per heavy atom. The second kappa shape index (κ2) is 7.01. The summed E-state index contributed by atoms with van der Waals surface area (Å²) in [6.45, 7) is 0.0216. The lowest BCUT2D eigenvalue weighted by Crippen LogP contribution is -2.28. The minimum atomic E-state index is -0.910. The maximum absolute atomic E-state index is 12.9. The zero-order chi connectivity index (χ0) is 16.9. The summed E-state index contributed by atoms with van der Waals surface area (Å²) < 4.78 is 14.6. The molecule has 2 aromatic heterocycles. The summed E-state index contributed by atoms with van der Waals surface area (Å²) in [7, 11) is 0. The van der Waals surface area contributed by atoms with Crippen LogP contribution in [0.2, 0.25) is 0 Å². The molecule has 1 aromatic carbocycles. The molecule has 0 aliphatic carbocycles. The first-order chi connectivity index (χ1) is 11.6. The third kappa shape index (κ3) is 3.64. The Hall–Kier alpha value is -3.06. The zero-order valence-electron chi connectivity index (χ0n) is 12.6. The first-order valence-electron chi connectivity index (χ1n) is 7.29. The lowest BCUT2D eigenvalue weighted by molar-refractivity contribution is 0.0916. The van der Waals surface area contributed by atoms with E-state index in [4.69, 9.17) is 0 Å². The Kier molecular flexibility index (Phi) is 4.62. The van der Waals surface area contributed by atoms with E-state index in [0.29, 0.717) is 16.9 Å². The van der Waals surface area contributed by atoms with Gasteiger partial charge in [-0.05, 0) is 29.8 Å². The second-order valence-corrected chi connectivity index (χ2v) is 5.15. The number of aliphatic hydroxyl groups excluding tert-OH is 1. The van der Waals surface area contributed by atoms with E-state index in [1.54, 1.807) is 35.4 Å². The summed E-state index contributed by atoms with van der Waals surface area (Å²) in [5, 5.41) is 12.6. The van der Waals surface area contributed by atoms with Gasteiger partial charge < -0.3 is 10.4 Å². The number of amides is 1. The van der Waals surface area contributed by atoms with Gasteiger partial charge in [0.25, 0.3) is 5.91 Å². The van der Waals surface area contributed by atoms with Crippen molar-refractivity contribution in [1.29, 1.82) is 0 Å². The van der Waals surface area contributed by atoms with Gasteiger partial charge in [-0.15, -0.1) is 0 Å². The van der Waals surface area contributed by atoms with Gasteiger partial charge in [0.1, 0.15) is 18.0 Å². The van der Waals surface area contributed by atoms with E-state index in [0.717, 1.165) is 0 Å². The molecule has 3 rings (SSSR count). The van der Waals surface area contributed by atoms with E-state index in [1.165, 1.54) is 30.5 Å². The molecule has 2 N–H and O–H groups in total. The molecule has 0 radical (unpaired) electrons. The van der Waals surface area contributed by atoms with Crippen molar-refractivity contribution in [3.8, 4) is 5.82 Å². The molecular formula is C17H15FN4O2. The molecule has 7 heteroatoms. The van der Waals surface area contributed by atoms with Gasteiger partial charge in [-0.25, -0.2) is 14.4 Å². The van der Waals surface area contributed by atoms with Crippen LogP contribution < -0.4 is 5.32 Å². The van der Waals surface area contributed by atoms with Crippen molar-refractivity contribution in [2.45, 2.75) is 6.10 Å². The van der Waals surface area contributed by atoms with Crippen LogP contribution in [0.3, 0.4) is 0 Å². The fourth-order valence-electron chi connectivity index (χ4n) is 2.16. The summed E-state index contributed by atoms with van der Waals surface area (Å²) in [6, 6.07) is 8.83. The Bertz CT molecular complexity index is 802. The second-order valence-electron chi connectivity index (χ2n) is 5.15. The normalized spacial score (nSPS) is 11.9. The number of aromatic nitrogens is 3. The summed E-state index contributed by atoms with van der Waals surface area (Å²) in [4.78, 5) is 20.2. The van der Waals surface area contributed by atoms with Crippen LogP contribution in [0.25, 0.3) is 5.82 Å². The molecule has 0 aliphatic rings. The highest BCUT2D eigenvalue weighted by atomic mass is 19.1.